The van der Waals surface area contributed by atoms with E-state index in [2.05, 4.69) is 48.8 Å². The number of carbonyl (C=O) groups is 4. The van der Waals surface area contributed by atoms with Crippen molar-refractivity contribution < 1.29 is 37.8 Å². The molecule has 0 spiro atoms. The summed E-state index contributed by atoms with van der Waals surface area (Å²) in [6.07, 6.45) is 3.26. The van der Waals surface area contributed by atoms with Gasteiger partial charge in [0.05, 0.1) is 25.0 Å². The minimum absolute atomic E-state index is 0.0318. The van der Waals surface area contributed by atoms with Crippen LogP contribution in [0.15, 0.2) is 76.7 Å². The summed E-state index contributed by atoms with van der Waals surface area (Å²) in [5.41, 5.74) is 17.5. The first-order valence-electron chi connectivity index (χ1n) is 21.6. The predicted octanol–water partition coefficient (Wildman–Crippen LogP) is 3.99. The number of benzene rings is 3. The highest BCUT2D eigenvalue weighted by Crippen LogP contribution is 2.28. The smallest absolute Gasteiger partial charge is 0.321 e. The molecule has 0 bridgehead atoms. The van der Waals surface area contributed by atoms with Crippen molar-refractivity contribution in [2.75, 3.05) is 46.0 Å². The molecule has 0 aliphatic carbocycles. The summed E-state index contributed by atoms with van der Waals surface area (Å²) in [6, 6.07) is 15.7. The van der Waals surface area contributed by atoms with Crippen LogP contribution < -0.4 is 53.8 Å². The number of urea groups is 1. The van der Waals surface area contributed by atoms with Gasteiger partial charge in [-0.05, 0) is 75.4 Å². The number of guanidine groups is 1. The first-order chi connectivity index (χ1) is 30.8. The molecule has 3 aromatic carbocycles. The number of hydrogen-bond acceptors (Lipinski definition) is 10. The molecule has 3 aromatic rings. The molecule has 0 heterocycles. The van der Waals surface area contributed by atoms with Crippen molar-refractivity contribution in [2.45, 2.75) is 91.6 Å². The Balaban J connectivity index is 0.00000165. The van der Waals surface area contributed by atoms with Gasteiger partial charge in [-0.15, -0.1) is 0 Å². The van der Waals surface area contributed by atoms with Gasteiger partial charge in [0.2, 0.25) is 17.7 Å². The summed E-state index contributed by atoms with van der Waals surface area (Å²) in [5.74, 6) is -3.97. The number of nitrogens with two attached hydrogens (primary N) is 3. The van der Waals surface area contributed by atoms with Gasteiger partial charge in [0.1, 0.15) is 29.2 Å². The van der Waals surface area contributed by atoms with E-state index < -0.39 is 59.3 Å². The van der Waals surface area contributed by atoms with Crippen LogP contribution in [0.25, 0.3) is 0 Å². The Morgan fingerprint density at radius 2 is 1.48 bits per heavy atom. The van der Waals surface area contributed by atoms with E-state index in [1.165, 1.54) is 0 Å². The maximum Gasteiger partial charge on any atom is 0.321 e. The normalized spacial score (nSPS) is 11.9. The third-order valence-electron chi connectivity index (χ3n) is 8.75. The molecule has 0 aromatic heterocycles. The molecule has 2 atom stereocenters. The number of rotatable bonds is 24. The van der Waals surface area contributed by atoms with Crippen LogP contribution in [0, 0.1) is 11.6 Å². The lowest BCUT2D eigenvalue weighted by atomic mass is 9.90. The fourth-order valence-electron chi connectivity index (χ4n) is 5.58. The average Bonchev–Trinajstić information content (AvgIpc) is 3.27. The van der Waals surface area contributed by atoms with E-state index in [0.717, 1.165) is 37.9 Å². The lowest BCUT2D eigenvalue weighted by Gasteiger charge is -2.23. The van der Waals surface area contributed by atoms with Crippen LogP contribution in [0.1, 0.15) is 95.8 Å². The zero-order valence-corrected chi connectivity index (χ0v) is 37.8. The first kappa shape index (κ1) is 55.7. The summed E-state index contributed by atoms with van der Waals surface area (Å²) in [5, 5.41) is 25.4. The molecule has 0 radical (unpaired) electrons. The van der Waals surface area contributed by atoms with E-state index in [-0.39, 0.29) is 44.3 Å². The number of ether oxygens (including phenoxy) is 1. The van der Waals surface area contributed by atoms with Crippen molar-refractivity contribution in [1.82, 2.24) is 31.9 Å². The summed E-state index contributed by atoms with van der Waals surface area (Å²) in [4.78, 5) is 59.1. The van der Waals surface area contributed by atoms with Gasteiger partial charge in [0, 0.05) is 50.3 Å². The molecule has 0 aliphatic heterocycles. The second-order valence-corrected chi connectivity index (χ2v) is 13.9. The summed E-state index contributed by atoms with van der Waals surface area (Å²) < 4.78 is 34.8. The number of nitrogens with one attached hydrogen (secondary N) is 6. The number of hydrogen-bond donors (Lipinski definition) is 10. The molecule has 17 nitrogen and oxygen atoms in total. The Morgan fingerprint density at radius 3 is 2.12 bits per heavy atom. The Hall–Kier alpha value is -6.34. The van der Waals surface area contributed by atoms with Crippen LogP contribution in [0.3, 0.4) is 0 Å². The highest BCUT2D eigenvalue weighted by molar-refractivity contribution is 5.95. The van der Waals surface area contributed by atoms with Crippen molar-refractivity contribution in [1.29, 1.82) is 0 Å². The van der Waals surface area contributed by atoms with Gasteiger partial charge >= 0.3 is 6.03 Å². The summed E-state index contributed by atoms with van der Waals surface area (Å²) >= 11 is 0. The van der Waals surface area contributed by atoms with Crippen LogP contribution in [0.2, 0.25) is 0 Å². The largest absolute Gasteiger partial charge is 0.508 e. The Kier molecular flexibility index (Phi) is 28.9. The van der Waals surface area contributed by atoms with Crippen molar-refractivity contribution in [3.63, 3.8) is 0 Å². The topological polar surface area (TPSA) is 273 Å². The van der Waals surface area contributed by atoms with E-state index in [4.69, 9.17) is 21.9 Å². The number of phenolic OH excluding ortho intramolecular Hbond substituents is 1. The zero-order chi connectivity index (χ0) is 47.7. The third-order valence-corrected chi connectivity index (χ3v) is 8.75. The lowest BCUT2D eigenvalue weighted by molar-refractivity contribution is -0.129. The van der Waals surface area contributed by atoms with E-state index in [0.29, 0.717) is 49.0 Å². The summed E-state index contributed by atoms with van der Waals surface area (Å²) in [7, 11) is 0. The van der Waals surface area contributed by atoms with Crippen molar-refractivity contribution in [3.05, 3.63) is 95.1 Å². The molecular weight excluding hydrogens is 829 g/mol. The van der Waals surface area contributed by atoms with Crippen LogP contribution in [0.4, 0.5) is 13.6 Å². The van der Waals surface area contributed by atoms with Crippen molar-refractivity contribution in [3.8, 4) is 11.5 Å². The molecule has 5 amide bonds. The molecule has 2 unspecified atom stereocenters. The number of carbonyl (C=O) groups excluding carboxylic acids is 4. The van der Waals surface area contributed by atoms with Crippen molar-refractivity contribution >= 4 is 35.5 Å². The van der Waals surface area contributed by atoms with Gasteiger partial charge in [0.25, 0.3) is 0 Å². The van der Waals surface area contributed by atoms with Crippen molar-refractivity contribution in [2.24, 2.45) is 27.2 Å². The monoisotopic (exact) mass is 898 g/mol. The highest BCUT2D eigenvalue weighted by atomic mass is 19.1. The second kappa shape index (κ2) is 33.2. The maximum atomic E-state index is 14.4. The minimum Gasteiger partial charge on any atom is -0.508 e. The fourth-order valence-corrected chi connectivity index (χ4v) is 5.58. The SMILES string of the molecule is CC.CCC(=O)NCCNC(=O)NC(N)=NCCCC(NC(=O)C(c1ccccc1)c1cccc(OCCCCN)c1)C(=O)NCc1c(F)cc(O)cc1F.CCCNC/N=C(\C)N. The fraction of sp³-hybridized carbons (Fsp3) is 0.467. The highest BCUT2D eigenvalue weighted by Gasteiger charge is 2.28. The first-order valence-corrected chi connectivity index (χ1v) is 21.6. The molecule has 354 valence electrons. The Morgan fingerprint density at radius 1 is 0.812 bits per heavy atom. The number of amidine groups is 1. The summed E-state index contributed by atoms with van der Waals surface area (Å²) in [6.45, 7) is 12.1. The lowest BCUT2D eigenvalue weighted by Crippen LogP contribution is -2.48. The number of aromatic hydroxyl groups is 1. The molecule has 13 N–H and O–H groups in total. The molecule has 0 fully saturated rings. The molecule has 64 heavy (non-hydrogen) atoms. The van der Waals surface area contributed by atoms with Gasteiger partial charge in [-0.3, -0.25) is 35.0 Å². The van der Waals surface area contributed by atoms with Gasteiger partial charge in [-0.1, -0.05) is 70.2 Å². The average molecular weight is 898 g/mol. The molecule has 0 saturated heterocycles. The Labute approximate surface area is 375 Å². The number of phenols is 1. The standard InChI is InChI=1S/C37H48F2N8O6.C6H15N3.C2H6/c1-2-32(49)42-17-18-44-37(52)47-36(41)43-16-9-14-31(34(50)45-23-28-29(38)21-26(48)22-30(28)39)46-35(51)33(24-10-4-3-5-11-24)25-12-8-13-27(20-25)53-19-7-6-15-40;1-3-4-8-5-9-6(2)7;1-2/h3-5,8,10-13,20-22,31,33,48H,2,6-7,9,14-19,23,40H2,1H3,(H,42,49)(H,45,50)(H,46,51)(H4,41,43,44,47,52);8H,3-5H2,1-2H3,(H2,7,9);1-2H3. The number of nitrogens with zero attached hydrogens (tertiary/aromatic N) is 2. The van der Waals surface area contributed by atoms with Gasteiger partial charge in [0.15, 0.2) is 5.96 Å². The Bertz CT molecular complexity index is 1880. The maximum absolute atomic E-state index is 14.4. The molecular formula is C45H69F2N11O6. The molecule has 3 rings (SSSR count). The minimum atomic E-state index is -1.18. The van der Waals surface area contributed by atoms with E-state index in [9.17, 15) is 33.1 Å². The number of unbranched alkanes of at least 4 members (excludes halogenated alkanes) is 1. The quantitative estimate of drug-likeness (QED) is 0.0351. The zero-order valence-electron chi connectivity index (χ0n) is 37.8. The molecule has 19 heteroatoms. The predicted molar refractivity (Wildman–Crippen MR) is 248 cm³/mol. The van der Waals surface area contributed by atoms with Crippen LogP contribution in [0.5, 0.6) is 11.5 Å². The van der Waals surface area contributed by atoms with Gasteiger partial charge < -0.3 is 48.3 Å². The van der Waals surface area contributed by atoms with Gasteiger partial charge in [-0.25, -0.2) is 13.6 Å². The molecule has 0 saturated carbocycles. The number of halogens is 2. The van der Waals surface area contributed by atoms with Crippen LogP contribution >= 0.6 is 0 Å². The molecule has 0 aliphatic rings. The van der Waals surface area contributed by atoms with E-state index in [1.54, 1.807) is 62.4 Å². The van der Waals surface area contributed by atoms with E-state index >= 15 is 0 Å². The number of amides is 5. The van der Waals surface area contributed by atoms with Crippen LogP contribution in [-0.4, -0.2) is 92.7 Å². The third kappa shape index (κ3) is 23.2. The second-order valence-electron chi connectivity index (χ2n) is 13.9. The van der Waals surface area contributed by atoms with E-state index in [1.807, 2.05) is 19.9 Å². The number of aliphatic imine (C=N–C) groups is 2. The van der Waals surface area contributed by atoms with Crippen LogP contribution in [-0.2, 0) is 20.9 Å². The van der Waals surface area contributed by atoms with Gasteiger partial charge in [-0.2, -0.15) is 0 Å².